The van der Waals surface area contributed by atoms with Gasteiger partial charge in [0.05, 0.1) is 0 Å². The Morgan fingerprint density at radius 3 is 2.42 bits per heavy atom. The largest absolute Gasteiger partial charge is 0.296 e. The standard InChI is InChI=1S/C17H16N4O3S2/c1-11-8-9-14(10-12(11)2)21-26(23,24)17-20-19-16(25-17)18-15(22)13-6-4-3-5-7-13/h3-10,21H,1-2H3,(H,18,19,22). The van der Waals surface area contributed by atoms with E-state index in [1.807, 2.05) is 19.9 Å². The quantitative estimate of drug-likeness (QED) is 0.654. The molecule has 0 aliphatic carbocycles. The van der Waals surface area contributed by atoms with Gasteiger partial charge >= 0.3 is 0 Å². The summed E-state index contributed by atoms with van der Waals surface area (Å²) >= 11 is 0.785. The molecule has 2 N–H and O–H groups in total. The Balaban J connectivity index is 1.75. The Bertz CT molecular complexity index is 1050. The van der Waals surface area contributed by atoms with Crippen LogP contribution in [0.3, 0.4) is 0 Å². The lowest BCUT2D eigenvalue weighted by Crippen LogP contribution is -2.12. The molecule has 0 unspecified atom stereocenters. The molecular formula is C17H16N4O3S2. The lowest BCUT2D eigenvalue weighted by atomic mass is 10.1. The molecule has 9 heteroatoms. The summed E-state index contributed by atoms with van der Waals surface area (Å²) in [7, 11) is -3.88. The summed E-state index contributed by atoms with van der Waals surface area (Å²) in [6.45, 7) is 3.84. The van der Waals surface area contributed by atoms with Gasteiger partial charge < -0.3 is 0 Å². The van der Waals surface area contributed by atoms with Gasteiger partial charge in [-0.2, -0.15) is 8.42 Å². The number of anilines is 2. The smallest absolute Gasteiger partial charge is 0.291 e. The predicted molar refractivity (Wildman–Crippen MR) is 101 cm³/mol. The number of aromatic nitrogens is 2. The summed E-state index contributed by atoms with van der Waals surface area (Å²) < 4.78 is 27.1. The van der Waals surface area contributed by atoms with Crippen molar-refractivity contribution in [3.63, 3.8) is 0 Å². The molecule has 7 nitrogen and oxygen atoms in total. The van der Waals surface area contributed by atoms with E-state index in [1.165, 1.54) is 0 Å². The topological polar surface area (TPSA) is 101 Å². The Morgan fingerprint density at radius 1 is 1.00 bits per heavy atom. The van der Waals surface area contributed by atoms with Crippen LogP contribution < -0.4 is 10.0 Å². The Kier molecular flexibility index (Phi) is 5.01. The zero-order chi connectivity index (χ0) is 18.7. The molecule has 0 saturated heterocycles. The minimum atomic E-state index is -3.88. The number of benzene rings is 2. The van der Waals surface area contributed by atoms with Crippen molar-refractivity contribution >= 4 is 38.1 Å². The van der Waals surface area contributed by atoms with E-state index in [2.05, 4.69) is 20.2 Å². The van der Waals surface area contributed by atoms with Crippen molar-refractivity contribution < 1.29 is 13.2 Å². The van der Waals surface area contributed by atoms with Crippen molar-refractivity contribution in [1.82, 2.24) is 10.2 Å². The van der Waals surface area contributed by atoms with Crippen LogP contribution in [0, 0.1) is 13.8 Å². The summed E-state index contributed by atoms with van der Waals surface area (Å²) in [5.74, 6) is -0.382. The van der Waals surface area contributed by atoms with Crippen LogP contribution in [0.15, 0.2) is 52.9 Å². The molecule has 0 radical (unpaired) electrons. The number of carbonyl (C=O) groups excluding carboxylic acids is 1. The normalized spacial score (nSPS) is 11.2. The molecule has 134 valence electrons. The average molecular weight is 388 g/mol. The van der Waals surface area contributed by atoms with E-state index in [4.69, 9.17) is 0 Å². The highest BCUT2D eigenvalue weighted by Crippen LogP contribution is 2.24. The number of carbonyl (C=O) groups is 1. The van der Waals surface area contributed by atoms with Gasteiger partial charge in [-0.05, 0) is 49.2 Å². The van der Waals surface area contributed by atoms with E-state index in [1.54, 1.807) is 42.5 Å². The van der Waals surface area contributed by atoms with Gasteiger partial charge in [0.25, 0.3) is 20.3 Å². The minimum Gasteiger partial charge on any atom is -0.296 e. The number of hydrogen-bond donors (Lipinski definition) is 2. The van der Waals surface area contributed by atoms with Gasteiger partial charge in [-0.15, -0.1) is 10.2 Å². The molecule has 0 aliphatic heterocycles. The first-order chi connectivity index (χ1) is 12.3. The van der Waals surface area contributed by atoms with Gasteiger partial charge in [0.15, 0.2) is 0 Å². The van der Waals surface area contributed by atoms with Crippen LogP contribution in [0.2, 0.25) is 0 Å². The lowest BCUT2D eigenvalue weighted by Gasteiger charge is -2.07. The molecule has 26 heavy (non-hydrogen) atoms. The molecule has 0 aliphatic rings. The molecule has 3 rings (SSSR count). The van der Waals surface area contributed by atoms with Crippen molar-refractivity contribution in [3.8, 4) is 0 Å². The number of hydrogen-bond acceptors (Lipinski definition) is 6. The second kappa shape index (κ2) is 7.22. The van der Waals surface area contributed by atoms with Crippen molar-refractivity contribution in [2.24, 2.45) is 0 Å². The Hall–Kier alpha value is -2.78. The van der Waals surface area contributed by atoms with Crippen molar-refractivity contribution in [2.45, 2.75) is 18.2 Å². The molecule has 3 aromatic rings. The molecule has 2 aromatic carbocycles. The summed E-state index contributed by atoms with van der Waals surface area (Å²) in [5.41, 5.74) is 2.92. The molecule has 0 atom stereocenters. The molecule has 1 heterocycles. The van der Waals surface area contributed by atoms with Crippen molar-refractivity contribution in [2.75, 3.05) is 10.0 Å². The summed E-state index contributed by atoms with van der Waals surface area (Å²) in [6.07, 6.45) is 0. The van der Waals surface area contributed by atoms with Crippen LogP contribution in [-0.4, -0.2) is 24.5 Å². The SMILES string of the molecule is Cc1ccc(NS(=O)(=O)c2nnc(NC(=O)c3ccccc3)s2)cc1C. The molecule has 1 aromatic heterocycles. The number of rotatable bonds is 5. The van der Waals surface area contributed by atoms with Gasteiger partial charge in [-0.3, -0.25) is 14.8 Å². The fourth-order valence-electron chi connectivity index (χ4n) is 2.13. The van der Waals surface area contributed by atoms with Crippen molar-refractivity contribution in [3.05, 3.63) is 65.2 Å². The zero-order valence-electron chi connectivity index (χ0n) is 14.1. The summed E-state index contributed by atoms with van der Waals surface area (Å²) in [4.78, 5) is 12.1. The fourth-order valence-corrected chi connectivity index (χ4v) is 4.08. The predicted octanol–water partition coefficient (Wildman–Crippen LogP) is 3.21. The monoisotopic (exact) mass is 388 g/mol. The van der Waals surface area contributed by atoms with Crippen LogP contribution in [0.1, 0.15) is 21.5 Å². The summed E-state index contributed by atoms with van der Waals surface area (Å²) in [5, 5.41) is 10.1. The van der Waals surface area contributed by atoms with Crippen molar-refractivity contribution in [1.29, 1.82) is 0 Å². The van der Waals surface area contributed by atoms with E-state index in [-0.39, 0.29) is 15.4 Å². The van der Waals surface area contributed by atoms with Gasteiger partial charge in [0, 0.05) is 11.3 Å². The van der Waals surface area contributed by atoms with E-state index in [0.29, 0.717) is 11.3 Å². The number of sulfonamides is 1. The highest BCUT2D eigenvalue weighted by atomic mass is 32.2. The number of aryl methyl sites for hydroxylation is 2. The molecule has 0 spiro atoms. The maximum Gasteiger partial charge on any atom is 0.291 e. The molecule has 0 bridgehead atoms. The van der Waals surface area contributed by atoms with E-state index < -0.39 is 10.0 Å². The zero-order valence-corrected chi connectivity index (χ0v) is 15.7. The Labute approximate surface area is 155 Å². The first-order valence-corrected chi connectivity index (χ1v) is 9.95. The van der Waals surface area contributed by atoms with Crippen LogP contribution in [-0.2, 0) is 10.0 Å². The third-order valence-corrected chi connectivity index (χ3v) is 6.24. The number of nitrogens with zero attached hydrogens (tertiary/aromatic N) is 2. The van der Waals surface area contributed by atoms with Gasteiger partial charge in [-0.1, -0.05) is 35.6 Å². The maximum absolute atomic E-state index is 12.5. The van der Waals surface area contributed by atoms with Crippen LogP contribution in [0.25, 0.3) is 0 Å². The third kappa shape index (κ3) is 4.06. The van der Waals surface area contributed by atoms with Gasteiger partial charge in [0.1, 0.15) is 0 Å². The molecule has 0 fully saturated rings. The van der Waals surface area contributed by atoms with Gasteiger partial charge in [0.2, 0.25) is 5.13 Å². The third-order valence-electron chi connectivity index (χ3n) is 3.65. The van der Waals surface area contributed by atoms with Crippen LogP contribution in [0.4, 0.5) is 10.8 Å². The lowest BCUT2D eigenvalue weighted by molar-refractivity contribution is 0.102. The maximum atomic E-state index is 12.5. The highest BCUT2D eigenvalue weighted by Gasteiger charge is 2.21. The van der Waals surface area contributed by atoms with Gasteiger partial charge in [-0.25, -0.2) is 0 Å². The van der Waals surface area contributed by atoms with E-state index in [9.17, 15) is 13.2 Å². The number of nitrogens with one attached hydrogen (secondary N) is 2. The highest BCUT2D eigenvalue weighted by molar-refractivity contribution is 7.94. The minimum absolute atomic E-state index is 0.110. The molecular weight excluding hydrogens is 372 g/mol. The average Bonchev–Trinajstić information content (AvgIpc) is 3.08. The molecule has 1 amide bonds. The summed E-state index contributed by atoms with van der Waals surface area (Å²) in [6, 6.07) is 13.8. The van der Waals surface area contributed by atoms with Crippen LogP contribution >= 0.6 is 11.3 Å². The first kappa shape index (κ1) is 18.0. The second-order valence-corrected chi connectivity index (χ2v) is 8.43. The second-order valence-electron chi connectivity index (χ2n) is 5.60. The Morgan fingerprint density at radius 2 is 1.73 bits per heavy atom. The van der Waals surface area contributed by atoms with E-state index >= 15 is 0 Å². The molecule has 0 saturated carbocycles. The fraction of sp³-hybridized carbons (Fsp3) is 0.118. The first-order valence-electron chi connectivity index (χ1n) is 7.65. The van der Waals surface area contributed by atoms with E-state index in [0.717, 1.165) is 22.5 Å². The number of amides is 1. The van der Waals surface area contributed by atoms with Crippen LogP contribution in [0.5, 0.6) is 0 Å².